The fourth-order valence-corrected chi connectivity index (χ4v) is 2.28. The number of benzene rings is 1. The van der Waals surface area contributed by atoms with Gasteiger partial charge in [0.2, 0.25) is 0 Å². The van der Waals surface area contributed by atoms with Crippen LogP contribution in [0.5, 0.6) is 0 Å². The normalized spacial score (nSPS) is 10.5. The van der Waals surface area contributed by atoms with Crippen LogP contribution >= 0.6 is 11.3 Å². The van der Waals surface area contributed by atoms with Crippen molar-refractivity contribution < 1.29 is 0 Å². The van der Waals surface area contributed by atoms with E-state index in [1.54, 1.807) is 11.3 Å². The second-order valence-corrected chi connectivity index (χ2v) is 4.58. The zero-order valence-corrected chi connectivity index (χ0v) is 9.96. The number of hydrogen-bond acceptors (Lipinski definition) is 3. The van der Waals surface area contributed by atoms with E-state index in [1.807, 2.05) is 18.2 Å². The van der Waals surface area contributed by atoms with Crippen LogP contribution in [0.25, 0.3) is 0 Å². The number of nitrogen functional groups attached to an aromatic ring is 1. The first-order valence-electron chi connectivity index (χ1n) is 5.41. The maximum Gasteiger partial charge on any atom is 0.0316 e. The molecule has 0 fully saturated rings. The minimum Gasteiger partial charge on any atom is -0.399 e. The molecule has 0 spiro atoms. The molecule has 0 amide bonds. The molecule has 0 aliphatic heterocycles. The monoisotopic (exact) mass is 232 g/mol. The van der Waals surface area contributed by atoms with Crippen LogP contribution in [-0.4, -0.2) is 6.54 Å². The summed E-state index contributed by atoms with van der Waals surface area (Å²) in [6, 6.07) is 10.2. The van der Waals surface area contributed by atoms with Crippen molar-refractivity contribution in [1.82, 2.24) is 5.32 Å². The van der Waals surface area contributed by atoms with Gasteiger partial charge in [0.25, 0.3) is 0 Å². The lowest BCUT2D eigenvalue weighted by Gasteiger charge is -2.04. The van der Waals surface area contributed by atoms with E-state index in [9.17, 15) is 0 Å². The van der Waals surface area contributed by atoms with Gasteiger partial charge in [0.1, 0.15) is 0 Å². The van der Waals surface area contributed by atoms with Gasteiger partial charge in [-0.2, -0.15) is 11.3 Å². The van der Waals surface area contributed by atoms with Gasteiger partial charge in [-0.25, -0.2) is 0 Å². The molecular weight excluding hydrogens is 216 g/mol. The summed E-state index contributed by atoms with van der Waals surface area (Å²) in [6.07, 6.45) is 1.02. The van der Waals surface area contributed by atoms with Gasteiger partial charge in [-0.1, -0.05) is 12.1 Å². The van der Waals surface area contributed by atoms with Crippen LogP contribution < -0.4 is 11.1 Å². The summed E-state index contributed by atoms with van der Waals surface area (Å²) in [6.45, 7) is 1.94. The molecule has 16 heavy (non-hydrogen) atoms. The molecule has 0 saturated carbocycles. The lowest BCUT2D eigenvalue weighted by Crippen LogP contribution is -2.16. The van der Waals surface area contributed by atoms with E-state index < -0.39 is 0 Å². The Labute approximate surface area is 100 Å². The highest BCUT2D eigenvalue weighted by molar-refractivity contribution is 7.07. The summed E-state index contributed by atoms with van der Waals surface area (Å²) >= 11 is 1.74. The minimum absolute atomic E-state index is 0.843. The standard InChI is InChI=1S/C13H16N2S/c14-13-3-1-2-11(8-13)4-6-15-9-12-5-7-16-10-12/h1-3,5,7-8,10,15H,4,6,9,14H2. The molecule has 2 aromatic rings. The molecule has 2 rings (SSSR count). The van der Waals surface area contributed by atoms with E-state index in [0.717, 1.165) is 25.2 Å². The van der Waals surface area contributed by atoms with Crippen LogP contribution in [0.2, 0.25) is 0 Å². The van der Waals surface area contributed by atoms with Crippen molar-refractivity contribution in [3.8, 4) is 0 Å². The Morgan fingerprint density at radius 2 is 2.12 bits per heavy atom. The van der Waals surface area contributed by atoms with Gasteiger partial charge in [0.15, 0.2) is 0 Å². The van der Waals surface area contributed by atoms with E-state index in [4.69, 9.17) is 5.73 Å². The molecular formula is C13H16N2S. The van der Waals surface area contributed by atoms with Gasteiger partial charge in [-0.15, -0.1) is 0 Å². The zero-order chi connectivity index (χ0) is 11.2. The van der Waals surface area contributed by atoms with Crippen LogP contribution in [0.3, 0.4) is 0 Å². The molecule has 0 aliphatic rings. The van der Waals surface area contributed by atoms with Crippen LogP contribution in [0.15, 0.2) is 41.1 Å². The molecule has 0 radical (unpaired) electrons. The molecule has 1 aromatic heterocycles. The first-order chi connectivity index (χ1) is 7.84. The van der Waals surface area contributed by atoms with Crippen molar-refractivity contribution in [2.24, 2.45) is 0 Å². The van der Waals surface area contributed by atoms with Crippen LogP contribution in [0.4, 0.5) is 5.69 Å². The first kappa shape index (κ1) is 11.2. The fourth-order valence-electron chi connectivity index (χ4n) is 1.61. The third kappa shape index (κ3) is 3.36. The summed E-state index contributed by atoms with van der Waals surface area (Å²) in [5, 5.41) is 7.70. The van der Waals surface area contributed by atoms with Crippen LogP contribution in [-0.2, 0) is 13.0 Å². The molecule has 3 heteroatoms. The lowest BCUT2D eigenvalue weighted by atomic mass is 10.1. The van der Waals surface area contributed by atoms with Gasteiger partial charge >= 0.3 is 0 Å². The highest BCUT2D eigenvalue weighted by Gasteiger charge is 1.95. The van der Waals surface area contributed by atoms with E-state index in [1.165, 1.54) is 11.1 Å². The maximum absolute atomic E-state index is 5.72. The van der Waals surface area contributed by atoms with Gasteiger partial charge in [-0.3, -0.25) is 0 Å². The van der Waals surface area contributed by atoms with Crippen molar-refractivity contribution in [1.29, 1.82) is 0 Å². The highest BCUT2D eigenvalue weighted by Crippen LogP contribution is 2.07. The number of rotatable bonds is 5. The molecule has 1 aromatic carbocycles. The van der Waals surface area contributed by atoms with Crippen molar-refractivity contribution >= 4 is 17.0 Å². The quantitative estimate of drug-likeness (QED) is 0.614. The maximum atomic E-state index is 5.72. The third-order valence-corrected chi connectivity index (χ3v) is 3.18. The Bertz CT molecular complexity index is 423. The Kier molecular flexibility index (Phi) is 3.97. The summed E-state index contributed by atoms with van der Waals surface area (Å²) in [4.78, 5) is 0. The number of nitrogens with two attached hydrogens (primary N) is 1. The first-order valence-corrected chi connectivity index (χ1v) is 6.35. The number of nitrogens with one attached hydrogen (secondary N) is 1. The van der Waals surface area contributed by atoms with Crippen LogP contribution in [0, 0.1) is 0 Å². The van der Waals surface area contributed by atoms with Gasteiger partial charge in [0.05, 0.1) is 0 Å². The van der Waals surface area contributed by atoms with E-state index in [2.05, 4.69) is 28.2 Å². The van der Waals surface area contributed by atoms with Gasteiger partial charge in [-0.05, 0) is 53.1 Å². The molecule has 2 nitrogen and oxygen atoms in total. The molecule has 0 atom stereocenters. The smallest absolute Gasteiger partial charge is 0.0316 e. The fraction of sp³-hybridized carbons (Fsp3) is 0.231. The zero-order valence-electron chi connectivity index (χ0n) is 9.15. The summed E-state index contributed by atoms with van der Waals surface area (Å²) < 4.78 is 0. The largest absolute Gasteiger partial charge is 0.399 e. The molecule has 0 saturated heterocycles. The Balaban J connectivity index is 1.72. The third-order valence-electron chi connectivity index (χ3n) is 2.45. The Morgan fingerprint density at radius 3 is 2.88 bits per heavy atom. The van der Waals surface area contributed by atoms with Gasteiger partial charge < -0.3 is 11.1 Å². The molecule has 0 unspecified atom stereocenters. The van der Waals surface area contributed by atoms with Crippen molar-refractivity contribution in [3.63, 3.8) is 0 Å². The average molecular weight is 232 g/mol. The number of hydrogen-bond donors (Lipinski definition) is 2. The second-order valence-electron chi connectivity index (χ2n) is 3.80. The van der Waals surface area contributed by atoms with Gasteiger partial charge in [0, 0.05) is 12.2 Å². The van der Waals surface area contributed by atoms with E-state index >= 15 is 0 Å². The van der Waals surface area contributed by atoms with E-state index in [0.29, 0.717) is 0 Å². The van der Waals surface area contributed by atoms with Crippen molar-refractivity contribution in [2.45, 2.75) is 13.0 Å². The molecule has 1 heterocycles. The molecule has 84 valence electrons. The Morgan fingerprint density at radius 1 is 1.19 bits per heavy atom. The molecule has 3 N–H and O–H groups in total. The van der Waals surface area contributed by atoms with Crippen molar-refractivity contribution in [3.05, 3.63) is 52.2 Å². The number of anilines is 1. The summed E-state index contributed by atoms with van der Waals surface area (Å²) in [5.74, 6) is 0. The second kappa shape index (κ2) is 5.68. The van der Waals surface area contributed by atoms with E-state index in [-0.39, 0.29) is 0 Å². The molecule has 0 aliphatic carbocycles. The predicted octanol–water partition coefficient (Wildman–Crippen LogP) is 2.66. The summed E-state index contributed by atoms with van der Waals surface area (Å²) in [5.41, 5.74) is 9.21. The highest BCUT2D eigenvalue weighted by atomic mass is 32.1. The van der Waals surface area contributed by atoms with Crippen LogP contribution in [0.1, 0.15) is 11.1 Å². The lowest BCUT2D eigenvalue weighted by molar-refractivity contribution is 0.688. The average Bonchev–Trinajstić information content (AvgIpc) is 2.77. The topological polar surface area (TPSA) is 38.0 Å². The minimum atomic E-state index is 0.843. The predicted molar refractivity (Wildman–Crippen MR) is 70.6 cm³/mol. The Hall–Kier alpha value is -1.32. The molecule has 0 bridgehead atoms. The van der Waals surface area contributed by atoms with Crippen molar-refractivity contribution in [2.75, 3.05) is 12.3 Å². The number of thiophene rings is 1. The summed E-state index contributed by atoms with van der Waals surface area (Å²) in [7, 11) is 0. The SMILES string of the molecule is Nc1cccc(CCNCc2ccsc2)c1.